The number of nitrogens with zero attached hydrogens (tertiary/aromatic N) is 2. The molecule has 1 aromatic heterocycles. The van der Waals surface area contributed by atoms with Crippen molar-refractivity contribution in [2.45, 2.75) is 51.4 Å². The lowest BCUT2D eigenvalue weighted by Crippen LogP contribution is -2.15. The average Bonchev–Trinajstić information content (AvgIpc) is 2.62. The second-order valence-corrected chi connectivity index (χ2v) is 5.26. The van der Waals surface area contributed by atoms with E-state index in [1.807, 2.05) is 7.05 Å². The van der Waals surface area contributed by atoms with Crippen molar-refractivity contribution in [2.24, 2.45) is 7.05 Å². The van der Waals surface area contributed by atoms with Crippen molar-refractivity contribution in [1.82, 2.24) is 15.1 Å². The molecule has 1 aromatic rings. The molecule has 0 spiro atoms. The van der Waals surface area contributed by atoms with Gasteiger partial charge in [0.2, 0.25) is 0 Å². The first-order valence-corrected chi connectivity index (χ1v) is 6.91. The molecule has 96 valence electrons. The molecule has 0 radical (unpaired) electrons. The highest BCUT2D eigenvalue weighted by Crippen LogP contribution is 2.36. The second-order valence-electron chi connectivity index (χ2n) is 5.26. The van der Waals surface area contributed by atoms with Crippen LogP contribution in [0.2, 0.25) is 0 Å². The van der Waals surface area contributed by atoms with Crippen molar-refractivity contribution in [2.75, 3.05) is 13.6 Å². The summed E-state index contributed by atoms with van der Waals surface area (Å²) in [5.41, 5.74) is 4.26. The minimum Gasteiger partial charge on any atom is -0.319 e. The standard InChI is InChI=1S/C14H25N3/c1-11-14(12-7-5-4-6-8-12)13(9-10-15-2)17(3)16-11/h12,15H,4-10H2,1-3H3. The summed E-state index contributed by atoms with van der Waals surface area (Å²) >= 11 is 0. The Balaban J connectivity index is 2.23. The maximum absolute atomic E-state index is 4.63. The number of hydrogen-bond donors (Lipinski definition) is 1. The van der Waals surface area contributed by atoms with Crippen LogP contribution in [0.25, 0.3) is 0 Å². The van der Waals surface area contributed by atoms with Crippen LogP contribution in [0.3, 0.4) is 0 Å². The van der Waals surface area contributed by atoms with Crippen LogP contribution in [-0.4, -0.2) is 23.4 Å². The molecule has 0 amide bonds. The van der Waals surface area contributed by atoms with Crippen LogP contribution in [0.15, 0.2) is 0 Å². The summed E-state index contributed by atoms with van der Waals surface area (Å²) in [6.07, 6.45) is 8.02. The molecule has 1 N–H and O–H groups in total. The molecule has 1 heterocycles. The third kappa shape index (κ3) is 2.71. The van der Waals surface area contributed by atoms with E-state index < -0.39 is 0 Å². The van der Waals surface area contributed by atoms with Gasteiger partial charge in [0, 0.05) is 25.7 Å². The Morgan fingerprint density at radius 3 is 2.65 bits per heavy atom. The lowest BCUT2D eigenvalue weighted by atomic mass is 9.82. The Morgan fingerprint density at radius 2 is 2.00 bits per heavy atom. The van der Waals surface area contributed by atoms with Crippen LogP contribution >= 0.6 is 0 Å². The smallest absolute Gasteiger partial charge is 0.0631 e. The molecule has 3 nitrogen and oxygen atoms in total. The molecule has 0 bridgehead atoms. The van der Waals surface area contributed by atoms with Crippen LogP contribution in [0.1, 0.15) is 55.0 Å². The van der Waals surface area contributed by atoms with Gasteiger partial charge < -0.3 is 5.32 Å². The van der Waals surface area contributed by atoms with Gasteiger partial charge in [0.05, 0.1) is 5.69 Å². The van der Waals surface area contributed by atoms with Crippen LogP contribution in [-0.2, 0) is 13.5 Å². The zero-order valence-electron chi connectivity index (χ0n) is 11.4. The summed E-state index contributed by atoms with van der Waals surface area (Å²) in [6, 6.07) is 0. The third-order valence-electron chi connectivity index (χ3n) is 4.02. The molecule has 2 rings (SSSR count). The molecular weight excluding hydrogens is 210 g/mol. The number of aryl methyl sites for hydroxylation is 2. The van der Waals surface area contributed by atoms with Crippen molar-refractivity contribution in [3.05, 3.63) is 17.0 Å². The third-order valence-corrected chi connectivity index (χ3v) is 4.02. The predicted molar refractivity (Wildman–Crippen MR) is 71.4 cm³/mol. The molecule has 0 aliphatic heterocycles. The summed E-state index contributed by atoms with van der Waals surface area (Å²) in [7, 11) is 4.10. The van der Waals surface area contributed by atoms with E-state index in [-0.39, 0.29) is 0 Å². The first kappa shape index (κ1) is 12.6. The van der Waals surface area contributed by atoms with Gasteiger partial charge in [-0.05, 0) is 38.3 Å². The molecule has 0 unspecified atom stereocenters. The van der Waals surface area contributed by atoms with Crippen molar-refractivity contribution >= 4 is 0 Å². The fourth-order valence-corrected chi connectivity index (χ4v) is 3.18. The second kappa shape index (κ2) is 5.67. The fourth-order valence-electron chi connectivity index (χ4n) is 3.18. The van der Waals surface area contributed by atoms with Crippen LogP contribution in [0.5, 0.6) is 0 Å². The van der Waals surface area contributed by atoms with Gasteiger partial charge in [-0.2, -0.15) is 5.10 Å². The summed E-state index contributed by atoms with van der Waals surface area (Å²) in [4.78, 5) is 0. The quantitative estimate of drug-likeness (QED) is 0.869. The zero-order valence-corrected chi connectivity index (χ0v) is 11.4. The number of aromatic nitrogens is 2. The van der Waals surface area contributed by atoms with Gasteiger partial charge in [-0.1, -0.05) is 19.3 Å². The van der Waals surface area contributed by atoms with E-state index in [9.17, 15) is 0 Å². The van der Waals surface area contributed by atoms with E-state index in [1.165, 1.54) is 43.5 Å². The van der Waals surface area contributed by atoms with E-state index in [1.54, 1.807) is 5.56 Å². The lowest BCUT2D eigenvalue weighted by Gasteiger charge is -2.23. The summed E-state index contributed by atoms with van der Waals surface area (Å²) in [6.45, 7) is 3.21. The molecule has 1 aliphatic carbocycles. The van der Waals surface area contributed by atoms with Gasteiger partial charge in [0.1, 0.15) is 0 Å². The van der Waals surface area contributed by atoms with E-state index in [0.29, 0.717) is 0 Å². The van der Waals surface area contributed by atoms with Gasteiger partial charge in [-0.3, -0.25) is 4.68 Å². The monoisotopic (exact) mass is 235 g/mol. The predicted octanol–water partition coefficient (Wildman–Crippen LogP) is 2.54. The van der Waals surface area contributed by atoms with E-state index in [4.69, 9.17) is 0 Å². The average molecular weight is 235 g/mol. The van der Waals surface area contributed by atoms with Crippen molar-refractivity contribution in [3.8, 4) is 0 Å². The first-order chi connectivity index (χ1) is 8.24. The topological polar surface area (TPSA) is 29.9 Å². The normalized spacial score (nSPS) is 17.6. The van der Waals surface area contributed by atoms with E-state index in [0.717, 1.165) is 18.9 Å². The highest BCUT2D eigenvalue weighted by Gasteiger charge is 2.23. The largest absolute Gasteiger partial charge is 0.319 e. The number of rotatable bonds is 4. The molecule has 1 saturated carbocycles. The van der Waals surface area contributed by atoms with Gasteiger partial charge in [-0.15, -0.1) is 0 Å². The Hall–Kier alpha value is -0.830. The highest BCUT2D eigenvalue weighted by molar-refractivity contribution is 5.30. The molecular formula is C14H25N3. The summed E-state index contributed by atoms with van der Waals surface area (Å²) < 4.78 is 2.09. The Bertz CT molecular complexity index is 362. The highest BCUT2D eigenvalue weighted by atomic mass is 15.3. The zero-order chi connectivity index (χ0) is 12.3. The molecule has 0 aromatic carbocycles. The van der Waals surface area contributed by atoms with Crippen molar-refractivity contribution in [1.29, 1.82) is 0 Å². The Kier molecular flexibility index (Phi) is 4.21. The molecule has 1 aliphatic rings. The number of hydrogen-bond acceptors (Lipinski definition) is 2. The Labute approximate surface area is 105 Å². The number of nitrogens with one attached hydrogen (secondary N) is 1. The molecule has 0 saturated heterocycles. The van der Waals surface area contributed by atoms with Crippen molar-refractivity contribution in [3.63, 3.8) is 0 Å². The summed E-state index contributed by atoms with van der Waals surface area (Å²) in [5, 5.41) is 7.87. The fraction of sp³-hybridized carbons (Fsp3) is 0.786. The first-order valence-electron chi connectivity index (χ1n) is 6.91. The molecule has 1 fully saturated rings. The molecule has 17 heavy (non-hydrogen) atoms. The van der Waals surface area contributed by atoms with Gasteiger partial charge in [0.25, 0.3) is 0 Å². The molecule has 3 heteroatoms. The summed E-state index contributed by atoms with van der Waals surface area (Å²) in [5.74, 6) is 0.768. The molecule has 0 atom stereocenters. The number of likely N-dealkylation sites (N-methyl/N-ethyl adjacent to an activating group) is 1. The SMILES string of the molecule is CNCCc1c(C2CCCCC2)c(C)nn1C. The van der Waals surface area contributed by atoms with Gasteiger partial charge in [-0.25, -0.2) is 0 Å². The van der Waals surface area contributed by atoms with Gasteiger partial charge in [0.15, 0.2) is 0 Å². The van der Waals surface area contributed by atoms with Gasteiger partial charge >= 0.3 is 0 Å². The minimum atomic E-state index is 0.768. The minimum absolute atomic E-state index is 0.768. The maximum atomic E-state index is 4.63. The van der Waals surface area contributed by atoms with Crippen LogP contribution in [0.4, 0.5) is 0 Å². The maximum Gasteiger partial charge on any atom is 0.0631 e. The van der Waals surface area contributed by atoms with E-state index >= 15 is 0 Å². The van der Waals surface area contributed by atoms with E-state index in [2.05, 4.69) is 29.1 Å². The Morgan fingerprint density at radius 1 is 1.29 bits per heavy atom. The lowest BCUT2D eigenvalue weighted by molar-refractivity contribution is 0.439. The van der Waals surface area contributed by atoms with Crippen LogP contribution < -0.4 is 5.32 Å². The van der Waals surface area contributed by atoms with Crippen LogP contribution in [0, 0.1) is 6.92 Å². The van der Waals surface area contributed by atoms with Crippen molar-refractivity contribution < 1.29 is 0 Å².